The van der Waals surface area contributed by atoms with Gasteiger partial charge in [-0.2, -0.15) is 5.26 Å². The van der Waals surface area contributed by atoms with Crippen molar-refractivity contribution in [2.75, 3.05) is 18.0 Å². The number of benzene rings is 1. The van der Waals surface area contributed by atoms with Gasteiger partial charge in [-0.3, -0.25) is 4.79 Å². The molecule has 1 aliphatic rings. The number of pyridine rings is 2. The summed E-state index contributed by atoms with van der Waals surface area (Å²) in [6.07, 6.45) is 0.150. The second kappa shape index (κ2) is 7.75. The Bertz CT molecular complexity index is 1200. The van der Waals surface area contributed by atoms with E-state index < -0.39 is 11.6 Å². The Morgan fingerprint density at radius 3 is 2.63 bits per heavy atom. The smallest absolute Gasteiger partial charge is 0.252 e. The van der Waals surface area contributed by atoms with Gasteiger partial charge in [-0.05, 0) is 24.3 Å². The molecule has 6 nitrogen and oxygen atoms in total. The van der Waals surface area contributed by atoms with Crippen molar-refractivity contribution < 1.29 is 13.5 Å². The van der Waals surface area contributed by atoms with Gasteiger partial charge >= 0.3 is 0 Å². The number of para-hydroxylation sites is 1. The number of anilines is 1. The van der Waals surface area contributed by atoms with Crippen LogP contribution in [0.2, 0.25) is 0 Å². The fourth-order valence-electron chi connectivity index (χ4n) is 3.88. The molecule has 1 aromatic carbocycles. The molecule has 0 N–H and O–H groups in total. The molecule has 3 aromatic rings. The summed E-state index contributed by atoms with van der Waals surface area (Å²) in [5.41, 5.74) is 1.94. The number of piperidine rings is 1. The minimum Gasteiger partial charge on any atom is -0.484 e. The molecular formula is C22H20F2N4O2. The second-order valence-corrected chi connectivity index (χ2v) is 7.52. The Morgan fingerprint density at radius 2 is 1.97 bits per heavy atom. The van der Waals surface area contributed by atoms with Crippen LogP contribution in [0.4, 0.5) is 14.5 Å². The van der Waals surface area contributed by atoms with Crippen LogP contribution >= 0.6 is 0 Å². The Kier molecular flexibility index (Phi) is 5.12. The van der Waals surface area contributed by atoms with E-state index in [2.05, 4.69) is 4.98 Å². The number of hydrogen-bond donors (Lipinski definition) is 0. The maximum absolute atomic E-state index is 14.0. The Labute approximate surface area is 171 Å². The second-order valence-electron chi connectivity index (χ2n) is 7.52. The van der Waals surface area contributed by atoms with Crippen molar-refractivity contribution in [3.05, 3.63) is 64.1 Å². The molecule has 0 unspecified atom stereocenters. The van der Waals surface area contributed by atoms with Crippen molar-refractivity contribution in [1.29, 1.82) is 5.26 Å². The zero-order valence-corrected chi connectivity index (χ0v) is 16.6. The molecule has 0 saturated carbocycles. The molecule has 1 aliphatic heterocycles. The molecule has 154 valence electrons. The molecule has 4 rings (SSSR count). The molecule has 0 bridgehead atoms. The lowest BCUT2D eigenvalue weighted by Crippen LogP contribution is -2.45. The molecule has 1 fully saturated rings. The molecule has 3 heterocycles. The number of nitriles is 1. The van der Waals surface area contributed by atoms with Gasteiger partial charge in [0.15, 0.2) is 17.4 Å². The van der Waals surface area contributed by atoms with Gasteiger partial charge in [-0.25, -0.2) is 13.8 Å². The lowest BCUT2D eigenvalue weighted by atomic mass is 9.95. The quantitative estimate of drug-likeness (QED) is 0.662. The van der Waals surface area contributed by atoms with E-state index in [-0.39, 0.29) is 29.0 Å². The molecule has 30 heavy (non-hydrogen) atoms. The van der Waals surface area contributed by atoms with Crippen molar-refractivity contribution >= 4 is 16.7 Å². The highest BCUT2D eigenvalue weighted by Gasteiger charge is 2.30. The van der Waals surface area contributed by atoms with Crippen LogP contribution in [0.1, 0.15) is 19.0 Å². The Balaban J connectivity index is 1.63. The fourth-order valence-corrected chi connectivity index (χ4v) is 3.88. The lowest BCUT2D eigenvalue weighted by Gasteiger charge is -2.38. The number of halogens is 2. The van der Waals surface area contributed by atoms with Crippen LogP contribution in [0, 0.1) is 28.9 Å². The van der Waals surface area contributed by atoms with Crippen molar-refractivity contribution in [2.24, 2.45) is 13.0 Å². The van der Waals surface area contributed by atoms with E-state index >= 15 is 0 Å². The van der Waals surface area contributed by atoms with Crippen LogP contribution in [-0.4, -0.2) is 28.7 Å². The third-order valence-electron chi connectivity index (χ3n) is 5.54. The topological polar surface area (TPSA) is 71.2 Å². The van der Waals surface area contributed by atoms with E-state index in [4.69, 9.17) is 4.74 Å². The van der Waals surface area contributed by atoms with Crippen LogP contribution in [0.25, 0.3) is 11.0 Å². The summed E-state index contributed by atoms with van der Waals surface area (Å²) in [5.74, 6) is -1.87. The highest BCUT2D eigenvalue weighted by molar-refractivity contribution is 5.88. The Hall–Kier alpha value is -3.47. The average molecular weight is 410 g/mol. The number of nitrogens with zero attached hydrogens (tertiary/aromatic N) is 4. The first-order chi connectivity index (χ1) is 14.4. The molecule has 0 amide bonds. The van der Waals surface area contributed by atoms with Crippen molar-refractivity contribution in [3.63, 3.8) is 0 Å². The van der Waals surface area contributed by atoms with E-state index in [0.717, 1.165) is 0 Å². The summed E-state index contributed by atoms with van der Waals surface area (Å²) in [6.45, 7) is 2.97. The van der Waals surface area contributed by atoms with Crippen LogP contribution < -0.4 is 15.2 Å². The third-order valence-corrected chi connectivity index (χ3v) is 5.54. The molecule has 8 heteroatoms. The first kappa shape index (κ1) is 19.8. The average Bonchev–Trinajstić information content (AvgIpc) is 2.74. The van der Waals surface area contributed by atoms with Crippen LogP contribution in [0.3, 0.4) is 0 Å². The predicted molar refractivity (Wildman–Crippen MR) is 108 cm³/mol. The molecule has 1 saturated heterocycles. The predicted octanol–water partition coefficient (Wildman–Crippen LogP) is 3.38. The number of ether oxygens (including phenoxy) is 1. The first-order valence-electron chi connectivity index (χ1n) is 9.65. The van der Waals surface area contributed by atoms with Gasteiger partial charge in [0, 0.05) is 38.5 Å². The third kappa shape index (κ3) is 3.47. The molecular weight excluding hydrogens is 390 g/mol. The van der Waals surface area contributed by atoms with Gasteiger partial charge in [-0.1, -0.05) is 13.0 Å². The summed E-state index contributed by atoms with van der Waals surface area (Å²) in [7, 11) is 1.66. The lowest BCUT2D eigenvalue weighted by molar-refractivity contribution is 0.111. The highest BCUT2D eigenvalue weighted by atomic mass is 19.1. The molecule has 0 aliphatic carbocycles. The van der Waals surface area contributed by atoms with Gasteiger partial charge in [0.2, 0.25) is 0 Å². The van der Waals surface area contributed by atoms with E-state index in [0.29, 0.717) is 36.2 Å². The van der Waals surface area contributed by atoms with Crippen molar-refractivity contribution in [3.8, 4) is 11.8 Å². The molecule has 2 atom stereocenters. The van der Waals surface area contributed by atoms with Gasteiger partial charge in [0.05, 0.1) is 11.2 Å². The van der Waals surface area contributed by atoms with Gasteiger partial charge < -0.3 is 14.2 Å². The fraction of sp³-hybridized carbons (Fsp3) is 0.318. The van der Waals surface area contributed by atoms with Crippen LogP contribution in [-0.2, 0) is 7.05 Å². The van der Waals surface area contributed by atoms with E-state index in [1.54, 1.807) is 19.2 Å². The maximum Gasteiger partial charge on any atom is 0.252 e. The molecule has 2 aromatic heterocycles. The van der Waals surface area contributed by atoms with E-state index in [1.807, 2.05) is 17.9 Å². The normalized spacial score (nSPS) is 19.0. The maximum atomic E-state index is 14.0. The van der Waals surface area contributed by atoms with Crippen LogP contribution in [0.5, 0.6) is 5.75 Å². The van der Waals surface area contributed by atoms with E-state index in [1.165, 1.54) is 28.8 Å². The highest BCUT2D eigenvalue weighted by Crippen LogP contribution is 2.31. The van der Waals surface area contributed by atoms with Gasteiger partial charge in [0.1, 0.15) is 23.4 Å². The number of aryl methyl sites for hydroxylation is 1. The first-order valence-corrected chi connectivity index (χ1v) is 9.65. The SMILES string of the molecule is C[C@@H]1CN(c2cc(=O)n(C)c3ccc(C#N)nc23)CC[C@H]1Oc1c(F)cccc1F. The zero-order valence-electron chi connectivity index (χ0n) is 16.6. The summed E-state index contributed by atoms with van der Waals surface area (Å²) in [5, 5.41) is 9.21. The summed E-state index contributed by atoms with van der Waals surface area (Å²) in [6, 6.07) is 10.5. The van der Waals surface area contributed by atoms with Crippen LogP contribution in [0.15, 0.2) is 41.2 Å². The zero-order chi connectivity index (χ0) is 21.4. The number of rotatable bonds is 3. The van der Waals surface area contributed by atoms with Gasteiger partial charge in [-0.15, -0.1) is 0 Å². The minimum absolute atomic E-state index is 0.0592. The Morgan fingerprint density at radius 1 is 1.23 bits per heavy atom. The van der Waals surface area contributed by atoms with Crippen molar-refractivity contribution in [2.45, 2.75) is 19.4 Å². The van der Waals surface area contributed by atoms with Gasteiger partial charge in [0.25, 0.3) is 5.56 Å². The standard InChI is InChI=1S/C22H20F2N4O2/c1-13-12-28(9-8-19(13)30-22-15(23)4-3-5-16(22)24)18-10-20(29)27(2)17-7-6-14(11-25)26-21(17)18/h3-7,10,13,19H,8-9,12H2,1-2H3/t13-,19-/m1/s1. The number of fused-ring (bicyclic) bond motifs is 1. The minimum atomic E-state index is -0.726. The number of aromatic nitrogens is 2. The van der Waals surface area contributed by atoms with E-state index in [9.17, 15) is 18.8 Å². The largest absolute Gasteiger partial charge is 0.484 e. The number of hydrogen-bond acceptors (Lipinski definition) is 5. The monoisotopic (exact) mass is 410 g/mol. The molecule has 0 radical (unpaired) electrons. The molecule has 0 spiro atoms. The van der Waals surface area contributed by atoms with Crippen molar-refractivity contribution in [1.82, 2.24) is 9.55 Å². The summed E-state index contributed by atoms with van der Waals surface area (Å²) < 4.78 is 35.1. The summed E-state index contributed by atoms with van der Waals surface area (Å²) in [4.78, 5) is 18.9. The summed E-state index contributed by atoms with van der Waals surface area (Å²) >= 11 is 0.